The van der Waals surface area contributed by atoms with E-state index in [1.54, 1.807) is 19.1 Å². The van der Waals surface area contributed by atoms with E-state index in [2.05, 4.69) is 9.97 Å². The Morgan fingerprint density at radius 2 is 1.65 bits per heavy atom. The summed E-state index contributed by atoms with van der Waals surface area (Å²) in [5.41, 5.74) is 8.71. The van der Waals surface area contributed by atoms with Crippen molar-refractivity contribution >= 4 is 11.5 Å². The van der Waals surface area contributed by atoms with Gasteiger partial charge in [0.05, 0.1) is 0 Å². The maximum absolute atomic E-state index is 13.1. The number of ether oxygens (including phenoxy) is 1. The fourth-order valence-electron chi connectivity index (χ4n) is 2.57. The average molecular weight is 352 g/mol. The quantitative estimate of drug-likeness (QED) is 0.744. The third-order valence-corrected chi connectivity index (χ3v) is 3.93. The molecule has 1 heterocycles. The van der Waals surface area contributed by atoms with Gasteiger partial charge in [0.25, 0.3) is 0 Å². The molecule has 0 radical (unpaired) electrons. The first kappa shape index (κ1) is 17.7. The molecule has 3 rings (SSSR count). The van der Waals surface area contributed by atoms with Crippen LogP contribution >= 0.6 is 0 Å². The van der Waals surface area contributed by atoms with E-state index < -0.39 is 0 Å². The lowest BCUT2D eigenvalue weighted by Crippen LogP contribution is -2.20. The minimum atomic E-state index is -0.261. The van der Waals surface area contributed by atoms with Crippen LogP contribution in [-0.4, -0.2) is 17.0 Å². The number of nitrogens with two attached hydrogens (primary N) is 1. The molecule has 0 fully saturated rings. The smallest absolute Gasteiger partial charge is 0.248 e. The van der Waals surface area contributed by atoms with Crippen LogP contribution in [0.15, 0.2) is 48.5 Å². The standard InChI is InChI=1S/C20H21FN4O/c1-13-4-10-17(11-5-13)26-20-18(22)19(23-14(2)24-20)25(3)12-15-6-8-16(21)9-7-15/h4-11H,12,22H2,1-3H3. The van der Waals surface area contributed by atoms with Crippen molar-refractivity contribution in [2.75, 3.05) is 17.7 Å². The molecule has 134 valence electrons. The average Bonchev–Trinajstić information content (AvgIpc) is 2.61. The molecule has 0 bridgehead atoms. The number of hydrogen-bond donors (Lipinski definition) is 1. The second-order valence-electron chi connectivity index (χ2n) is 6.21. The zero-order valence-corrected chi connectivity index (χ0v) is 15.0. The Balaban J connectivity index is 1.86. The highest BCUT2D eigenvalue weighted by Crippen LogP contribution is 2.32. The van der Waals surface area contributed by atoms with Gasteiger partial charge < -0.3 is 15.4 Å². The maximum atomic E-state index is 13.1. The van der Waals surface area contributed by atoms with Crippen molar-refractivity contribution < 1.29 is 9.13 Å². The van der Waals surface area contributed by atoms with Crippen LogP contribution in [0.4, 0.5) is 15.9 Å². The second-order valence-corrected chi connectivity index (χ2v) is 6.21. The van der Waals surface area contributed by atoms with Crippen LogP contribution in [0.5, 0.6) is 11.6 Å². The summed E-state index contributed by atoms with van der Waals surface area (Å²) in [5, 5.41) is 0. The summed E-state index contributed by atoms with van der Waals surface area (Å²) in [6.07, 6.45) is 0. The normalized spacial score (nSPS) is 10.6. The fourth-order valence-corrected chi connectivity index (χ4v) is 2.57. The number of aryl methyl sites for hydroxylation is 2. The monoisotopic (exact) mass is 352 g/mol. The van der Waals surface area contributed by atoms with Gasteiger partial charge >= 0.3 is 0 Å². The molecule has 0 aliphatic heterocycles. The Labute approximate surface area is 152 Å². The summed E-state index contributed by atoms with van der Waals surface area (Å²) < 4.78 is 18.9. The van der Waals surface area contributed by atoms with E-state index in [-0.39, 0.29) is 5.82 Å². The number of rotatable bonds is 5. The number of nitrogen functional groups attached to an aromatic ring is 1. The molecule has 5 nitrogen and oxygen atoms in total. The first-order chi connectivity index (χ1) is 12.4. The second kappa shape index (κ2) is 7.39. The Hall–Kier alpha value is -3.15. The van der Waals surface area contributed by atoms with Crippen molar-refractivity contribution in [1.82, 2.24) is 9.97 Å². The lowest BCUT2D eigenvalue weighted by Gasteiger charge is -2.21. The Bertz CT molecular complexity index is 895. The number of benzene rings is 2. The summed E-state index contributed by atoms with van der Waals surface area (Å²) in [5.74, 6) is 1.85. The molecule has 26 heavy (non-hydrogen) atoms. The molecule has 0 aliphatic rings. The third kappa shape index (κ3) is 4.08. The highest BCUT2D eigenvalue weighted by molar-refractivity contribution is 5.68. The van der Waals surface area contributed by atoms with Crippen molar-refractivity contribution in [3.05, 3.63) is 71.3 Å². The lowest BCUT2D eigenvalue weighted by molar-refractivity contribution is 0.462. The Morgan fingerprint density at radius 1 is 1.00 bits per heavy atom. The van der Waals surface area contributed by atoms with Crippen molar-refractivity contribution in [3.8, 4) is 11.6 Å². The topological polar surface area (TPSA) is 64.3 Å². The molecule has 3 aromatic rings. The van der Waals surface area contributed by atoms with E-state index in [4.69, 9.17) is 10.5 Å². The summed E-state index contributed by atoms with van der Waals surface area (Å²) in [6, 6.07) is 14.0. The van der Waals surface area contributed by atoms with Gasteiger partial charge in [-0.25, -0.2) is 9.37 Å². The molecule has 2 aromatic carbocycles. The molecular formula is C20H21FN4O. The largest absolute Gasteiger partial charge is 0.437 e. The van der Waals surface area contributed by atoms with Crippen molar-refractivity contribution in [2.45, 2.75) is 20.4 Å². The van der Waals surface area contributed by atoms with E-state index in [0.717, 1.165) is 11.1 Å². The van der Waals surface area contributed by atoms with Crippen LogP contribution in [0, 0.1) is 19.7 Å². The SMILES string of the molecule is Cc1ccc(Oc2nc(C)nc(N(C)Cc3ccc(F)cc3)c2N)cc1. The molecule has 6 heteroatoms. The molecule has 2 N–H and O–H groups in total. The molecule has 0 saturated carbocycles. The van der Waals surface area contributed by atoms with Gasteiger partial charge in [-0.05, 0) is 43.7 Å². The number of nitrogens with zero attached hydrogens (tertiary/aromatic N) is 3. The van der Waals surface area contributed by atoms with Gasteiger partial charge in [0.1, 0.15) is 23.1 Å². The highest BCUT2D eigenvalue weighted by Gasteiger charge is 2.16. The zero-order valence-electron chi connectivity index (χ0n) is 15.0. The van der Waals surface area contributed by atoms with Gasteiger partial charge in [-0.3, -0.25) is 0 Å². The Kier molecular flexibility index (Phi) is 5.02. The van der Waals surface area contributed by atoms with Gasteiger partial charge in [0.2, 0.25) is 5.88 Å². The minimum absolute atomic E-state index is 0.261. The van der Waals surface area contributed by atoms with E-state index >= 15 is 0 Å². The molecule has 1 aromatic heterocycles. The maximum Gasteiger partial charge on any atom is 0.248 e. The van der Waals surface area contributed by atoms with Gasteiger partial charge in [-0.1, -0.05) is 29.8 Å². The number of hydrogen-bond acceptors (Lipinski definition) is 5. The Morgan fingerprint density at radius 3 is 2.31 bits per heavy atom. The summed E-state index contributed by atoms with van der Waals surface area (Å²) >= 11 is 0. The number of anilines is 2. The van der Waals surface area contributed by atoms with Crippen LogP contribution in [0.3, 0.4) is 0 Å². The molecule has 0 atom stereocenters. The van der Waals surface area contributed by atoms with Crippen LogP contribution in [0.2, 0.25) is 0 Å². The van der Waals surface area contributed by atoms with Gasteiger partial charge in [-0.2, -0.15) is 4.98 Å². The molecule has 0 saturated heterocycles. The molecule has 0 spiro atoms. The third-order valence-electron chi connectivity index (χ3n) is 3.93. The van der Waals surface area contributed by atoms with E-state index in [9.17, 15) is 4.39 Å². The predicted octanol–water partition coefficient (Wildman–Crippen LogP) is 4.24. The zero-order chi connectivity index (χ0) is 18.7. The molecular weight excluding hydrogens is 331 g/mol. The van der Waals surface area contributed by atoms with E-state index in [0.29, 0.717) is 35.5 Å². The first-order valence-electron chi connectivity index (χ1n) is 8.26. The van der Waals surface area contributed by atoms with Crippen molar-refractivity contribution in [1.29, 1.82) is 0 Å². The summed E-state index contributed by atoms with van der Waals surface area (Å²) in [4.78, 5) is 10.6. The fraction of sp³-hybridized carbons (Fsp3) is 0.200. The van der Waals surface area contributed by atoms with Crippen molar-refractivity contribution in [3.63, 3.8) is 0 Å². The highest BCUT2D eigenvalue weighted by atomic mass is 19.1. The summed E-state index contributed by atoms with van der Waals surface area (Å²) in [7, 11) is 1.87. The van der Waals surface area contributed by atoms with Crippen LogP contribution in [0.1, 0.15) is 17.0 Å². The molecule has 0 amide bonds. The van der Waals surface area contributed by atoms with E-state index in [1.165, 1.54) is 12.1 Å². The number of aromatic nitrogens is 2. The van der Waals surface area contributed by atoms with Gasteiger partial charge in [0.15, 0.2) is 5.82 Å². The van der Waals surface area contributed by atoms with Crippen LogP contribution < -0.4 is 15.4 Å². The van der Waals surface area contributed by atoms with Crippen LogP contribution in [-0.2, 0) is 6.54 Å². The minimum Gasteiger partial charge on any atom is -0.437 e. The predicted molar refractivity (Wildman–Crippen MR) is 101 cm³/mol. The van der Waals surface area contributed by atoms with E-state index in [1.807, 2.05) is 43.1 Å². The van der Waals surface area contributed by atoms with Gasteiger partial charge in [-0.15, -0.1) is 0 Å². The van der Waals surface area contributed by atoms with Gasteiger partial charge in [0, 0.05) is 13.6 Å². The summed E-state index contributed by atoms with van der Waals surface area (Å²) in [6.45, 7) is 4.33. The molecule has 0 aliphatic carbocycles. The first-order valence-corrected chi connectivity index (χ1v) is 8.26. The molecule has 0 unspecified atom stereocenters. The van der Waals surface area contributed by atoms with Crippen molar-refractivity contribution in [2.24, 2.45) is 0 Å². The number of halogens is 1. The lowest BCUT2D eigenvalue weighted by atomic mass is 10.2. The van der Waals surface area contributed by atoms with Crippen LogP contribution in [0.25, 0.3) is 0 Å².